The van der Waals surface area contributed by atoms with Crippen LogP contribution >= 0.6 is 0 Å². The first-order chi connectivity index (χ1) is 53.9. The molecule has 0 spiro atoms. The first-order valence-electron chi connectivity index (χ1n) is 36.6. The monoisotopic (exact) mass is 1430 g/mol. The molecule has 6 aromatic carbocycles. The summed E-state index contributed by atoms with van der Waals surface area (Å²) >= 11 is 0. The van der Waals surface area contributed by atoms with Gasteiger partial charge in [-0.25, -0.2) is 19.9 Å². The predicted molar refractivity (Wildman–Crippen MR) is 444 cm³/mol. The summed E-state index contributed by atoms with van der Waals surface area (Å²) in [5.74, 6) is 3.27. The zero-order valence-corrected chi connectivity index (χ0v) is 61.6. The number of fused-ring (bicyclic) bond motifs is 4. The third-order valence-electron chi connectivity index (χ3n) is 20.6. The van der Waals surface area contributed by atoms with Crippen LogP contribution in [-0.2, 0) is 10.8 Å². The van der Waals surface area contributed by atoms with Crippen molar-refractivity contribution < 1.29 is 0 Å². The van der Waals surface area contributed by atoms with E-state index in [-0.39, 0.29) is 0 Å². The van der Waals surface area contributed by atoms with Crippen molar-refractivity contribution in [2.24, 2.45) is 0 Å². The second-order valence-corrected chi connectivity index (χ2v) is 28.0. The Hall–Kier alpha value is -14.4. The van der Waals surface area contributed by atoms with Crippen LogP contribution in [-0.4, -0.2) is 49.8 Å². The summed E-state index contributed by atoms with van der Waals surface area (Å²) in [4.78, 5) is 60.2. The van der Waals surface area contributed by atoms with Crippen LogP contribution in [0.4, 0.5) is 103 Å². The van der Waals surface area contributed by atoms with Crippen molar-refractivity contribution in [3.8, 4) is 22.5 Å². The summed E-state index contributed by atoms with van der Waals surface area (Å²) in [7, 11) is 0. The highest BCUT2D eigenvalue weighted by Gasteiger charge is 2.41. The minimum absolute atomic E-state index is 0.430. The maximum atomic E-state index is 5.16. The van der Waals surface area contributed by atoms with Gasteiger partial charge in [0.2, 0.25) is 0 Å². The van der Waals surface area contributed by atoms with Gasteiger partial charge < -0.3 is 9.80 Å². The maximum absolute atomic E-state index is 5.16. The Balaban J connectivity index is 0.000000160. The Morgan fingerprint density at radius 3 is 0.955 bits per heavy atom. The lowest BCUT2D eigenvalue weighted by molar-refractivity contribution is 0.631. The van der Waals surface area contributed by atoms with Gasteiger partial charge in [-0.3, -0.25) is 49.5 Å². The summed E-state index contributed by atoms with van der Waals surface area (Å²) in [6.07, 6.45) is 23.9. The molecule has 110 heavy (non-hydrogen) atoms. The van der Waals surface area contributed by atoms with Crippen LogP contribution in [0, 0.1) is 13.8 Å². The summed E-state index contributed by atoms with van der Waals surface area (Å²) in [6.45, 7) is 13.5. The summed E-state index contributed by atoms with van der Waals surface area (Å²) in [5.41, 5.74) is 24.2. The fourth-order valence-corrected chi connectivity index (χ4v) is 15.2. The Bertz CT molecular complexity index is 5100. The zero-order chi connectivity index (χ0) is 74.7. The second kappa shape index (κ2) is 29.5. The Labute approximate surface area is 640 Å². The van der Waals surface area contributed by atoms with Crippen LogP contribution in [0.1, 0.15) is 61.2 Å². The van der Waals surface area contributed by atoms with Gasteiger partial charge in [-0.05, 0) is 230 Å². The van der Waals surface area contributed by atoms with Gasteiger partial charge in [0, 0.05) is 113 Å². The minimum Gasteiger partial charge on any atom is -0.308 e. The highest BCUT2D eigenvalue weighted by atomic mass is 15.2. The molecule has 2 aliphatic heterocycles. The SMILES string of the molecule is Cc1cc(-c2ccccc2)ncc1N1c2ccc(N(c3ccncc3)c3ccccn3)cc2C(C)(C)c2cc(N(c3cccnc3)c3ccccn3)ccc21.Cc1nc(-c2ccccc2)ccc1N1c2ccc(N(c3ccncc3)c3ccccn3)cc2C(C)(C)c2cc(N(c3ccncc3)c3ccccn3)ccc21. The number of aromatic nitrogens is 10. The van der Waals surface area contributed by atoms with Crippen LogP contribution in [0.3, 0.4) is 0 Å². The Kier molecular flexibility index (Phi) is 18.4. The molecule has 18 rings (SSSR count). The van der Waals surface area contributed by atoms with Gasteiger partial charge in [0.05, 0.1) is 86.3 Å². The van der Waals surface area contributed by atoms with Gasteiger partial charge in [-0.15, -0.1) is 0 Å². The Morgan fingerprint density at radius 1 is 0.255 bits per heavy atom. The molecule has 0 bridgehead atoms. The molecular weight excluding hydrogens is 1350 g/mol. The minimum atomic E-state index is -0.433. The molecule has 10 aromatic heterocycles. The van der Waals surface area contributed by atoms with E-state index in [0.29, 0.717) is 0 Å². The van der Waals surface area contributed by atoms with Gasteiger partial charge in [-0.1, -0.05) is 113 Å². The highest BCUT2D eigenvalue weighted by Crippen LogP contribution is 2.58. The average molecular weight is 1430 g/mol. The lowest BCUT2D eigenvalue weighted by Gasteiger charge is -2.43. The third-order valence-corrected chi connectivity index (χ3v) is 20.6. The van der Waals surface area contributed by atoms with Crippen LogP contribution in [0.25, 0.3) is 22.5 Å². The number of anilines is 18. The fourth-order valence-electron chi connectivity index (χ4n) is 15.2. The van der Waals surface area contributed by atoms with Crippen molar-refractivity contribution in [1.29, 1.82) is 0 Å². The van der Waals surface area contributed by atoms with E-state index in [2.05, 4.69) is 236 Å². The number of benzene rings is 6. The number of rotatable bonds is 16. The predicted octanol–water partition coefficient (Wildman–Crippen LogP) is 23.4. The van der Waals surface area contributed by atoms with Gasteiger partial charge >= 0.3 is 0 Å². The molecule has 16 nitrogen and oxygen atoms in total. The molecule has 0 atom stereocenters. The largest absolute Gasteiger partial charge is 0.308 e. The van der Waals surface area contributed by atoms with Gasteiger partial charge in [0.1, 0.15) is 23.3 Å². The molecule has 532 valence electrons. The van der Waals surface area contributed by atoms with E-state index >= 15 is 0 Å². The summed E-state index contributed by atoms with van der Waals surface area (Å²) < 4.78 is 0. The molecule has 0 aliphatic carbocycles. The normalized spacial score (nSPS) is 12.7. The molecule has 0 amide bonds. The van der Waals surface area contributed by atoms with E-state index in [9.17, 15) is 0 Å². The lowest BCUT2D eigenvalue weighted by Crippen LogP contribution is -2.31. The standard InChI is InChI=1S/2C47H38N8/c1-33-28-41(34-12-5-4-6-13-34)52-32-44(33)55-42-19-17-36(53(35-21-26-48-27-22-35)45-15-7-9-24-50-45)29-39(42)47(2,3)40-30-37(18-20-43(40)55)54(38-14-11-23-49-31-38)46-16-8-10-25-51-46;1-33-42(20-17-41(52-33)34-11-5-4-6-12-34)55-43-18-15-37(53(35-21-27-48-28-22-35)45-13-7-9-25-50-45)31-39(43)47(2,3)40-32-38(16-19-44(40)55)54(36-23-29-49-30-24-36)46-14-8-10-26-51-46/h2*4-32H,1-3H3. The quantitative estimate of drug-likeness (QED) is 0.0902. The summed E-state index contributed by atoms with van der Waals surface area (Å²) in [6, 6.07) is 94.2. The third kappa shape index (κ3) is 13.1. The molecule has 16 heteroatoms. The number of hydrogen-bond donors (Lipinski definition) is 0. The van der Waals surface area contributed by atoms with E-state index in [1.165, 1.54) is 22.3 Å². The average Bonchev–Trinajstić information content (AvgIpc) is 0.719. The van der Waals surface area contributed by atoms with E-state index in [0.717, 1.165) is 137 Å². The van der Waals surface area contributed by atoms with E-state index in [4.69, 9.17) is 29.9 Å². The van der Waals surface area contributed by atoms with Crippen molar-refractivity contribution in [2.45, 2.75) is 52.4 Å². The smallest absolute Gasteiger partial charge is 0.137 e. The van der Waals surface area contributed by atoms with Crippen molar-refractivity contribution in [1.82, 2.24) is 49.8 Å². The Morgan fingerprint density at radius 2 is 0.609 bits per heavy atom. The second-order valence-electron chi connectivity index (χ2n) is 28.0. The topological polar surface area (TPSA) is 148 Å². The van der Waals surface area contributed by atoms with Crippen LogP contribution < -0.4 is 29.4 Å². The van der Waals surface area contributed by atoms with Crippen LogP contribution in [0.5, 0.6) is 0 Å². The van der Waals surface area contributed by atoms with Crippen LogP contribution in [0.2, 0.25) is 0 Å². The van der Waals surface area contributed by atoms with E-state index in [1.807, 2.05) is 202 Å². The molecule has 0 saturated heterocycles. The van der Waals surface area contributed by atoms with E-state index < -0.39 is 10.8 Å². The van der Waals surface area contributed by atoms with Gasteiger partial charge in [0.15, 0.2) is 0 Å². The molecule has 0 fully saturated rings. The molecule has 0 saturated carbocycles. The molecule has 16 aromatic rings. The highest BCUT2D eigenvalue weighted by molar-refractivity contribution is 5.94. The van der Waals surface area contributed by atoms with Crippen molar-refractivity contribution >= 4 is 103 Å². The number of aryl methyl sites for hydroxylation is 2. The lowest BCUT2D eigenvalue weighted by atomic mass is 9.73. The van der Waals surface area contributed by atoms with Gasteiger partial charge in [-0.2, -0.15) is 0 Å². The molecule has 0 radical (unpaired) electrons. The van der Waals surface area contributed by atoms with Crippen LogP contribution in [0.15, 0.2) is 354 Å². The molecule has 12 heterocycles. The number of pyridine rings is 10. The van der Waals surface area contributed by atoms with Crippen molar-refractivity contribution in [3.63, 3.8) is 0 Å². The van der Waals surface area contributed by atoms with Crippen molar-refractivity contribution in [3.05, 3.63) is 387 Å². The maximum Gasteiger partial charge on any atom is 0.137 e. The number of nitrogens with zero attached hydrogens (tertiary/aromatic N) is 16. The van der Waals surface area contributed by atoms with Crippen molar-refractivity contribution in [2.75, 3.05) is 29.4 Å². The van der Waals surface area contributed by atoms with E-state index in [1.54, 1.807) is 6.20 Å². The molecular formula is C94H76N16. The molecule has 2 aliphatic rings. The number of hydrogen-bond acceptors (Lipinski definition) is 16. The molecule has 0 unspecified atom stereocenters. The first kappa shape index (κ1) is 68.7. The zero-order valence-electron chi connectivity index (χ0n) is 61.6. The van der Waals surface area contributed by atoms with Gasteiger partial charge in [0.25, 0.3) is 0 Å². The fraction of sp³-hybridized carbons (Fsp3) is 0.0851. The first-order valence-corrected chi connectivity index (χ1v) is 36.6. The summed E-state index contributed by atoms with van der Waals surface area (Å²) in [5, 5.41) is 0. The molecule has 0 N–H and O–H groups in total.